The van der Waals surface area contributed by atoms with E-state index in [0.717, 1.165) is 32.5 Å². The third kappa shape index (κ3) is 3.63. The van der Waals surface area contributed by atoms with Crippen LogP contribution in [0.25, 0.3) is 0 Å². The Bertz CT molecular complexity index is 146. The summed E-state index contributed by atoms with van der Waals surface area (Å²) in [5, 5.41) is 9.12. The first-order valence-corrected chi connectivity index (χ1v) is 5.18. The number of nitrogens with zero attached hydrogens (tertiary/aromatic N) is 1. The first-order valence-electron chi connectivity index (χ1n) is 5.18. The maximum absolute atomic E-state index is 9.12. The van der Waals surface area contributed by atoms with Gasteiger partial charge in [0.15, 0.2) is 0 Å². The van der Waals surface area contributed by atoms with Gasteiger partial charge in [0.1, 0.15) is 0 Å². The summed E-state index contributed by atoms with van der Waals surface area (Å²) in [6.07, 6.45) is 1.95. The van der Waals surface area contributed by atoms with Crippen LogP contribution >= 0.6 is 0 Å². The van der Waals surface area contributed by atoms with Gasteiger partial charge in [-0.15, -0.1) is 0 Å². The Morgan fingerprint density at radius 2 is 2.15 bits per heavy atom. The maximum Gasteiger partial charge on any atom is 0.0546 e. The lowest BCUT2D eigenvalue weighted by molar-refractivity contribution is 0.0269. The molecule has 0 amide bonds. The molecule has 13 heavy (non-hydrogen) atoms. The lowest BCUT2D eigenvalue weighted by Crippen LogP contribution is -2.39. The Labute approximate surface area is 80.9 Å². The van der Waals surface area contributed by atoms with Gasteiger partial charge in [-0.1, -0.05) is 6.92 Å². The van der Waals surface area contributed by atoms with Crippen LogP contribution in [-0.2, 0) is 0 Å². The Balaban J connectivity index is 2.07. The van der Waals surface area contributed by atoms with Gasteiger partial charge in [0.05, 0.1) is 6.10 Å². The average molecular weight is 186 g/mol. The van der Waals surface area contributed by atoms with Crippen LogP contribution in [0, 0.1) is 11.8 Å². The largest absolute Gasteiger partial charge is 0.393 e. The molecule has 0 aromatic carbocycles. The van der Waals surface area contributed by atoms with Crippen molar-refractivity contribution < 1.29 is 5.11 Å². The van der Waals surface area contributed by atoms with Crippen molar-refractivity contribution in [3.63, 3.8) is 0 Å². The highest BCUT2D eigenvalue weighted by Crippen LogP contribution is 2.27. The SMILES string of the molecule is CC(CN)CN(C)CC1CC(O)C1. The summed E-state index contributed by atoms with van der Waals surface area (Å²) < 4.78 is 0. The minimum absolute atomic E-state index is 0.0228. The fourth-order valence-corrected chi connectivity index (χ4v) is 1.97. The van der Waals surface area contributed by atoms with E-state index in [9.17, 15) is 0 Å². The van der Waals surface area contributed by atoms with Crippen molar-refractivity contribution in [2.75, 3.05) is 26.7 Å². The van der Waals surface area contributed by atoms with Crippen LogP contribution in [0.4, 0.5) is 0 Å². The number of rotatable bonds is 5. The van der Waals surface area contributed by atoms with Gasteiger partial charge in [0, 0.05) is 13.1 Å². The highest BCUT2D eigenvalue weighted by atomic mass is 16.3. The minimum atomic E-state index is -0.0228. The molecular weight excluding hydrogens is 164 g/mol. The van der Waals surface area contributed by atoms with Crippen molar-refractivity contribution in [3.8, 4) is 0 Å². The predicted molar refractivity (Wildman–Crippen MR) is 54.4 cm³/mol. The maximum atomic E-state index is 9.12. The summed E-state index contributed by atoms with van der Waals surface area (Å²) >= 11 is 0. The van der Waals surface area contributed by atoms with Crippen LogP contribution in [0.15, 0.2) is 0 Å². The van der Waals surface area contributed by atoms with E-state index in [-0.39, 0.29) is 6.10 Å². The lowest BCUT2D eigenvalue weighted by atomic mass is 9.82. The Morgan fingerprint density at radius 3 is 2.62 bits per heavy atom. The quantitative estimate of drug-likeness (QED) is 0.648. The normalized spacial score (nSPS) is 30.2. The second kappa shape index (κ2) is 4.94. The molecule has 3 N–H and O–H groups in total. The third-order valence-electron chi connectivity index (χ3n) is 2.81. The summed E-state index contributed by atoms with van der Waals surface area (Å²) in [7, 11) is 2.14. The van der Waals surface area contributed by atoms with Crippen LogP contribution in [0.3, 0.4) is 0 Å². The molecule has 0 aromatic heterocycles. The van der Waals surface area contributed by atoms with Crippen molar-refractivity contribution in [3.05, 3.63) is 0 Å². The van der Waals surface area contributed by atoms with E-state index in [0.29, 0.717) is 11.8 Å². The number of hydrogen-bond acceptors (Lipinski definition) is 3. The molecule has 1 fully saturated rings. The van der Waals surface area contributed by atoms with Gasteiger partial charge in [-0.05, 0) is 38.3 Å². The van der Waals surface area contributed by atoms with Crippen molar-refractivity contribution in [1.29, 1.82) is 0 Å². The van der Waals surface area contributed by atoms with Gasteiger partial charge in [-0.25, -0.2) is 0 Å². The molecule has 1 aliphatic carbocycles. The van der Waals surface area contributed by atoms with E-state index in [1.807, 2.05) is 0 Å². The molecule has 1 unspecified atom stereocenters. The average Bonchev–Trinajstić information content (AvgIpc) is 2.01. The molecule has 1 aliphatic rings. The minimum Gasteiger partial charge on any atom is -0.393 e. The number of nitrogens with two attached hydrogens (primary N) is 1. The highest BCUT2D eigenvalue weighted by Gasteiger charge is 2.27. The molecule has 0 aliphatic heterocycles. The first-order chi connectivity index (χ1) is 6.11. The molecule has 0 radical (unpaired) electrons. The first kappa shape index (κ1) is 11.0. The van der Waals surface area contributed by atoms with E-state index >= 15 is 0 Å². The summed E-state index contributed by atoms with van der Waals surface area (Å²) in [5.74, 6) is 1.29. The molecule has 0 aromatic rings. The van der Waals surface area contributed by atoms with Gasteiger partial charge >= 0.3 is 0 Å². The highest BCUT2D eigenvalue weighted by molar-refractivity contribution is 4.80. The lowest BCUT2D eigenvalue weighted by Gasteiger charge is -2.35. The Kier molecular flexibility index (Phi) is 4.16. The van der Waals surface area contributed by atoms with E-state index < -0.39 is 0 Å². The number of aliphatic hydroxyl groups is 1. The molecule has 78 valence electrons. The van der Waals surface area contributed by atoms with Crippen LogP contribution in [-0.4, -0.2) is 42.8 Å². The van der Waals surface area contributed by atoms with Crippen LogP contribution in [0.5, 0.6) is 0 Å². The van der Waals surface area contributed by atoms with Crippen LogP contribution in [0.1, 0.15) is 19.8 Å². The van der Waals surface area contributed by atoms with Crippen LogP contribution < -0.4 is 5.73 Å². The van der Waals surface area contributed by atoms with Gasteiger partial charge in [-0.2, -0.15) is 0 Å². The zero-order valence-corrected chi connectivity index (χ0v) is 8.74. The molecular formula is C10H22N2O. The molecule has 1 saturated carbocycles. The summed E-state index contributed by atoms with van der Waals surface area (Å²) in [5.41, 5.74) is 5.55. The van der Waals surface area contributed by atoms with Gasteiger partial charge < -0.3 is 15.7 Å². The molecule has 0 spiro atoms. The van der Waals surface area contributed by atoms with E-state index in [1.54, 1.807) is 0 Å². The van der Waals surface area contributed by atoms with E-state index in [1.165, 1.54) is 0 Å². The molecule has 3 heteroatoms. The van der Waals surface area contributed by atoms with Gasteiger partial charge in [-0.3, -0.25) is 0 Å². The van der Waals surface area contributed by atoms with Crippen molar-refractivity contribution in [1.82, 2.24) is 4.90 Å². The van der Waals surface area contributed by atoms with Crippen molar-refractivity contribution in [2.45, 2.75) is 25.9 Å². The molecule has 3 nitrogen and oxygen atoms in total. The monoisotopic (exact) mass is 186 g/mol. The van der Waals surface area contributed by atoms with Crippen molar-refractivity contribution >= 4 is 0 Å². The number of hydrogen-bond donors (Lipinski definition) is 2. The molecule has 0 heterocycles. The molecule has 1 rings (SSSR count). The smallest absolute Gasteiger partial charge is 0.0546 e. The summed E-state index contributed by atoms with van der Waals surface area (Å²) in [6.45, 7) is 5.12. The standard InChI is InChI=1S/C10H22N2O/c1-8(5-11)6-12(2)7-9-3-10(13)4-9/h8-10,13H,3-7,11H2,1-2H3. The van der Waals surface area contributed by atoms with Crippen molar-refractivity contribution in [2.24, 2.45) is 17.6 Å². The zero-order valence-electron chi connectivity index (χ0n) is 8.74. The van der Waals surface area contributed by atoms with Crippen LogP contribution in [0.2, 0.25) is 0 Å². The topological polar surface area (TPSA) is 49.5 Å². The Morgan fingerprint density at radius 1 is 1.54 bits per heavy atom. The fourth-order valence-electron chi connectivity index (χ4n) is 1.97. The second-order valence-electron chi connectivity index (χ2n) is 4.55. The zero-order chi connectivity index (χ0) is 9.84. The number of aliphatic hydroxyl groups excluding tert-OH is 1. The molecule has 0 saturated heterocycles. The fraction of sp³-hybridized carbons (Fsp3) is 1.00. The summed E-state index contributed by atoms with van der Waals surface area (Å²) in [6, 6.07) is 0. The van der Waals surface area contributed by atoms with E-state index in [4.69, 9.17) is 10.8 Å². The predicted octanol–water partition coefficient (Wildman–Crippen LogP) is 0.284. The summed E-state index contributed by atoms with van der Waals surface area (Å²) in [4.78, 5) is 2.33. The third-order valence-corrected chi connectivity index (χ3v) is 2.81. The second-order valence-corrected chi connectivity index (χ2v) is 4.55. The van der Waals surface area contributed by atoms with Gasteiger partial charge in [0.25, 0.3) is 0 Å². The Hall–Kier alpha value is -0.120. The van der Waals surface area contributed by atoms with Gasteiger partial charge in [0.2, 0.25) is 0 Å². The van der Waals surface area contributed by atoms with E-state index in [2.05, 4.69) is 18.9 Å². The molecule has 1 atom stereocenters. The molecule has 0 bridgehead atoms.